The lowest BCUT2D eigenvalue weighted by atomic mass is 10.0. The minimum absolute atomic E-state index is 0.0287. The SMILES string of the molecule is CC1(C)CN(c2ccc(F)cc2CN)CC(CO)O1. The molecule has 1 aliphatic heterocycles. The molecule has 3 N–H and O–H groups in total. The van der Waals surface area contributed by atoms with E-state index in [1.807, 2.05) is 13.8 Å². The van der Waals surface area contributed by atoms with Crippen molar-refractivity contribution < 1.29 is 14.2 Å². The Bertz CT molecular complexity index is 451. The Morgan fingerprint density at radius 1 is 1.53 bits per heavy atom. The van der Waals surface area contributed by atoms with E-state index in [9.17, 15) is 9.50 Å². The zero-order chi connectivity index (χ0) is 14.0. The first kappa shape index (κ1) is 14.2. The topological polar surface area (TPSA) is 58.7 Å². The van der Waals surface area contributed by atoms with E-state index < -0.39 is 0 Å². The largest absolute Gasteiger partial charge is 0.394 e. The van der Waals surface area contributed by atoms with Gasteiger partial charge in [-0.15, -0.1) is 0 Å². The van der Waals surface area contributed by atoms with Crippen LogP contribution in [0.3, 0.4) is 0 Å². The van der Waals surface area contributed by atoms with Crippen molar-refractivity contribution in [2.75, 3.05) is 24.6 Å². The van der Waals surface area contributed by atoms with Crippen LogP contribution >= 0.6 is 0 Å². The number of halogens is 1. The molecule has 5 heteroatoms. The summed E-state index contributed by atoms with van der Waals surface area (Å²) < 4.78 is 19.0. The average molecular weight is 268 g/mol. The first-order valence-corrected chi connectivity index (χ1v) is 6.47. The molecular formula is C14H21FN2O2. The van der Waals surface area contributed by atoms with Gasteiger partial charge < -0.3 is 20.5 Å². The molecule has 1 aromatic rings. The van der Waals surface area contributed by atoms with Crippen LogP contribution in [0.15, 0.2) is 18.2 Å². The summed E-state index contributed by atoms with van der Waals surface area (Å²) in [6.45, 7) is 5.48. The zero-order valence-electron chi connectivity index (χ0n) is 11.4. The van der Waals surface area contributed by atoms with Gasteiger partial charge in [-0.3, -0.25) is 0 Å². The Hall–Kier alpha value is -1.17. The second kappa shape index (κ2) is 5.45. The number of benzene rings is 1. The van der Waals surface area contributed by atoms with E-state index in [0.717, 1.165) is 11.3 Å². The summed E-state index contributed by atoms with van der Waals surface area (Å²) >= 11 is 0. The zero-order valence-corrected chi connectivity index (χ0v) is 11.4. The molecular weight excluding hydrogens is 247 g/mol. The maximum Gasteiger partial charge on any atom is 0.123 e. The van der Waals surface area contributed by atoms with Crippen LogP contribution in [0.2, 0.25) is 0 Å². The molecule has 1 aliphatic rings. The number of nitrogens with two attached hydrogens (primary N) is 1. The number of aliphatic hydroxyl groups is 1. The van der Waals surface area contributed by atoms with Crippen molar-refractivity contribution in [3.63, 3.8) is 0 Å². The van der Waals surface area contributed by atoms with Crippen LogP contribution in [0.25, 0.3) is 0 Å². The normalized spacial score (nSPS) is 22.6. The quantitative estimate of drug-likeness (QED) is 0.866. The highest BCUT2D eigenvalue weighted by molar-refractivity contribution is 5.54. The number of aliphatic hydroxyl groups excluding tert-OH is 1. The van der Waals surface area contributed by atoms with Crippen molar-refractivity contribution in [3.05, 3.63) is 29.6 Å². The fraction of sp³-hybridized carbons (Fsp3) is 0.571. The van der Waals surface area contributed by atoms with Crippen LogP contribution in [0.5, 0.6) is 0 Å². The van der Waals surface area contributed by atoms with Gasteiger partial charge in [-0.05, 0) is 37.6 Å². The predicted molar refractivity (Wildman–Crippen MR) is 72.5 cm³/mol. The molecule has 0 radical (unpaired) electrons. The monoisotopic (exact) mass is 268 g/mol. The summed E-state index contributed by atoms with van der Waals surface area (Å²) in [5.41, 5.74) is 7.02. The molecule has 1 unspecified atom stereocenters. The van der Waals surface area contributed by atoms with Gasteiger partial charge in [0.1, 0.15) is 5.82 Å². The number of hydrogen-bond donors (Lipinski definition) is 2. The highest BCUT2D eigenvalue weighted by Gasteiger charge is 2.33. The predicted octanol–water partition coefficient (Wildman–Crippen LogP) is 1.26. The van der Waals surface area contributed by atoms with Gasteiger partial charge in [0.15, 0.2) is 0 Å². The Labute approximate surface area is 113 Å². The van der Waals surface area contributed by atoms with E-state index in [0.29, 0.717) is 13.1 Å². The molecule has 0 amide bonds. The molecule has 2 rings (SSSR count). The lowest BCUT2D eigenvalue weighted by molar-refractivity contribution is -0.101. The van der Waals surface area contributed by atoms with Gasteiger partial charge in [0.2, 0.25) is 0 Å². The third kappa shape index (κ3) is 3.23. The standard InChI is InChI=1S/C14H21FN2O2/c1-14(2)9-17(7-12(8-18)19-14)13-4-3-11(15)5-10(13)6-16/h3-5,12,18H,6-9,16H2,1-2H3. The van der Waals surface area contributed by atoms with Gasteiger partial charge in [-0.1, -0.05) is 0 Å². The van der Waals surface area contributed by atoms with Gasteiger partial charge in [0.25, 0.3) is 0 Å². The Balaban J connectivity index is 2.30. The molecule has 1 heterocycles. The second-order valence-electron chi connectivity index (χ2n) is 5.54. The highest BCUT2D eigenvalue weighted by atomic mass is 19.1. The van der Waals surface area contributed by atoms with Crippen LogP contribution in [-0.4, -0.2) is 36.5 Å². The van der Waals surface area contributed by atoms with Crippen LogP contribution in [-0.2, 0) is 11.3 Å². The molecule has 106 valence electrons. The van der Waals surface area contributed by atoms with E-state index in [-0.39, 0.29) is 30.7 Å². The van der Waals surface area contributed by atoms with E-state index in [2.05, 4.69) is 4.90 Å². The first-order valence-electron chi connectivity index (χ1n) is 6.47. The number of rotatable bonds is 3. The average Bonchev–Trinajstić information content (AvgIpc) is 2.36. The molecule has 1 atom stereocenters. The minimum atomic E-state index is -0.355. The maximum atomic E-state index is 13.3. The van der Waals surface area contributed by atoms with Crippen molar-refractivity contribution in [3.8, 4) is 0 Å². The number of morpholine rings is 1. The van der Waals surface area contributed by atoms with Crippen molar-refractivity contribution in [2.24, 2.45) is 5.73 Å². The maximum absolute atomic E-state index is 13.3. The number of ether oxygens (including phenoxy) is 1. The Kier molecular flexibility index (Phi) is 4.08. The summed E-state index contributed by atoms with van der Waals surface area (Å²) in [4.78, 5) is 2.10. The van der Waals surface area contributed by atoms with Gasteiger partial charge in [0, 0.05) is 25.3 Å². The van der Waals surface area contributed by atoms with Gasteiger partial charge >= 0.3 is 0 Å². The van der Waals surface area contributed by atoms with E-state index in [4.69, 9.17) is 10.5 Å². The summed E-state index contributed by atoms with van der Waals surface area (Å²) in [6.07, 6.45) is -0.237. The van der Waals surface area contributed by atoms with Crippen molar-refractivity contribution in [1.29, 1.82) is 0 Å². The van der Waals surface area contributed by atoms with Gasteiger partial charge in [0.05, 0.1) is 18.3 Å². The summed E-state index contributed by atoms with van der Waals surface area (Å²) in [5.74, 6) is -0.282. The molecule has 1 fully saturated rings. The lowest BCUT2D eigenvalue weighted by Crippen LogP contribution is -2.54. The molecule has 0 spiro atoms. The Morgan fingerprint density at radius 2 is 2.26 bits per heavy atom. The van der Waals surface area contributed by atoms with Gasteiger partial charge in [-0.25, -0.2) is 4.39 Å². The fourth-order valence-corrected chi connectivity index (χ4v) is 2.60. The number of anilines is 1. The third-order valence-corrected chi connectivity index (χ3v) is 3.29. The van der Waals surface area contributed by atoms with Crippen LogP contribution in [0, 0.1) is 5.82 Å². The molecule has 0 aliphatic carbocycles. The van der Waals surface area contributed by atoms with Crippen molar-refractivity contribution >= 4 is 5.69 Å². The first-order chi connectivity index (χ1) is 8.95. The summed E-state index contributed by atoms with van der Waals surface area (Å²) in [5, 5.41) is 9.32. The van der Waals surface area contributed by atoms with E-state index in [1.165, 1.54) is 12.1 Å². The molecule has 19 heavy (non-hydrogen) atoms. The molecule has 0 saturated carbocycles. The van der Waals surface area contributed by atoms with Gasteiger partial charge in [-0.2, -0.15) is 0 Å². The molecule has 1 aromatic carbocycles. The second-order valence-corrected chi connectivity index (χ2v) is 5.54. The summed E-state index contributed by atoms with van der Waals surface area (Å²) in [7, 11) is 0. The van der Waals surface area contributed by atoms with E-state index >= 15 is 0 Å². The fourth-order valence-electron chi connectivity index (χ4n) is 2.60. The Morgan fingerprint density at radius 3 is 2.89 bits per heavy atom. The smallest absolute Gasteiger partial charge is 0.123 e. The molecule has 1 saturated heterocycles. The lowest BCUT2D eigenvalue weighted by Gasteiger charge is -2.44. The third-order valence-electron chi connectivity index (χ3n) is 3.29. The van der Waals surface area contributed by atoms with Crippen LogP contribution < -0.4 is 10.6 Å². The molecule has 0 aromatic heterocycles. The van der Waals surface area contributed by atoms with Crippen LogP contribution in [0.1, 0.15) is 19.4 Å². The van der Waals surface area contributed by atoms with Crippen molar-refractivity contribution in [1.82, 2.24) is 0 Å². The number of hydrogen-bond acceptors (Lipinski definition) is 4. The van der Waals surface area contributed by atoms with Crippen molar-refractivity contribution in [2.45, 2.75) is 32.1 Å². The number of nitrogens with zero attached hydrogens (tertiary/aromatic N) is 1. The van der Waals surface area contributed by atoms with Crippen LogP contribution in [0.4, 0.5) is 10.1 Å². The van der Waals surface area contributed by atoms with E-state index in [1.54, 1.807) is 6.07 Å². The minimum Gasteiger partial charge on any atom is -0.394 e. The summed E-state index contributed by atoms with van der Waals surface area (Å²) in [6, 6.07) is 4.64. The molecule has 4 nitrogen and oxygen atoms in total. The molecule has 0 bridgehead atoms. The highest BCUT2D eigenvalue weighted by Crippen LogP contribution is 2.28.